The minimum Gasteiger partial charge on any atom is -0.478 e. The monoisotopic (exact) mass is 524 g/mol. The van der Waals surface area contributed by atoms with Crippen LogP contribution in [0, 0.1) is 6.92 Å². The lowest BCUT2D eigenvalue weighted by atomic mass is 10.1. The molecule has 0 aliphatic heterocycles. The molecule has 34 heavy (non-hydrogen) atoms. The number of carboxylic acids is 2. The Morgan fingerprint density at radius 2 is 1.74 bits per heavy atom. The third-order valence-electron chi connectivity index (χ3n) is 4.49. The second-order valence-corrected chi connectivity index (χ2v) is 9.14. The van der Waals surface area contributed by atoms with E-state index < -0.39 is 28.1 Å². The van der Waals surface area contributed by atoms with Gasteiger partial charge in [-0.05, 0) is 49.2 Å². The number of sulfonamides is 1. The van der Waals surface area contributed by atoms with Gasteiger partial charge < -0.3 is 15.1 Å². The average molecular weight is 525 g/mol. The van der Waals surface area contributed by atoms with Crippen molar-refractivity contribution in [3.05, 3.63) is 52.5 Å². The lowest BCUT2D eigenvalue weighted by Gasteiger charge is -2.22. The van der Waals surface area contributed by atoms with E-state index in [4.69, 9.17) is 21.5 Å². The van der Waals surface area contributed by atoms with E-state index in [0.717, 1.165) is 12.8 Å². The van der Waals surface area contributed by atoms with Gasteiger partial charge in [-0.3, -0.25) is 4.72 Å². The molecular formula is C21H24ClF3N2O6S. The van der Waals surface area contributed by atoms with E-state index in [1.165, 1.54) is 12.1 Å². The van der Waals surface area contributed by atoms with Gasteiger partial charge in [0.25, 0.3) is 10.0 Å². The molecule has 0 atom stereocenters. The van der Waals surface area contributed by atoms with E-state index in [0.29, 0.717) is 22.8 Å². The van der Waals surface area contributed by atoms with E-state index >= 15 is 0 Å². The van der Waals surface area contributed by atoms with Gasteiger partial charge in [0.2, 0.25) is 0 Å². The molecule has 188 valence electrons. The van der Waals surface area contributed by atoms with Gasteiger partial charge in [0.05, 0.1) is 16.1 Å². The number of carbonyl (C=O) groups is 2. The van der Waals surface area contributed by atoms with Crippen molar-refractivity contribution in [3.63, 3.8) is 0 Å². The van der Waals surface area contributed by atoms with E-state index in [1.807, 2.05) is 11.9 Å². The number of hydrogen-bond acceptors (Lipinski definition) is 5. The number of rotatable bonds is 8. The fourth-order valence-corrected chi connectivity index (χ4v) is 4.26. The molecule has 0 bridgehead atoms. The van der Waals surface area contributed by atoms with Gasteiger partial charge in [0.15, 0.2) is 0 Å². The summed E-state index contributed by atoms with van der Waals surface area (Å²) in [4.78, 5) is 22.5. The standard InChI is InChI=1S/C19H23ClN2O4S.C2HF3O2/c1-4-5-11-22(3)17-10-9-14(12-15(17)19(23)24)21-27(25,26)18-8-6-7-16(20)13(18)2;3-2(4,5)1(6)7/h6-10,12,21H,4-5,11H2,1-3H3,(H,23,24);(H,6,7). The lowest BCUT2D eigenvalue weighted by Crippen LogP contribution is -2.21. The molecule has 0 amide bonds. The number of unbranched alkanes of at least 4 members (excludes halogenated alkanes) is 1. The maximum atomic E-state index is 12.7. The van der Waals surface area contributed by atoms with Crippen molar-refractivity contribution >= 4 is 44.9 Å². The molecule has 2 aromatic rings. The van der Waals surface area contributed by atoms with Gasteiger partial charge in [0.1, 0.15) is 0 Å². The number of carboxylic acid groups (broad SMARTS) is 2. The SMILES string of the molecule is CCCCN(C)c1ccc(NS(=O)(=O)c2cccc(Cl)c2C)cc1C(=O)O.O=C(O)C(F)(F)F. The van der Waals surface area contributed by atoms with Crippen molar-refractivity contribution in [2.45, 2.75) is 37.8 Å². The van der Waals surface area contributed by atoms with Gasteiger partial charge in [0, 0.05) is 24.3 Å². The molecule has 0 aliphatic carbocycles. The predicted octanol–water partition coefficient (Wildman–Crippen LogP) is 5.02. The minimum absolute atomic E-state index is 0.0385. The normalized spacial score (nSPS) is 11.3. The zero-order chi connectivity index (χ0) is 26.3. The molecule has 3 N–H and O–H groups in total. The molecule has 0 saturated carbocycles. The van der Waals surface area contributed by atoms with Crippen LogP contribution in [-0.2, 0) is 14.8 Å². The molecule has 0 spiro atoms. The number of aliphatic carboxylic acids is 1. The molecule has 2 aromatic carbocycles. The van der Waals surface area contributed by atoms with Crippen molar-refractivity contribution < 1.29 is 41.4 Å². The first-order chi connectivity index (χ1) is 15.6. The van der Waals surface area contributed by atoms with Gasteiger partial charge in [-0.25, -0.2) is 18.0 Å². The van der Waals surface area contributed by atoms with Crippen LogP contribution < -0.4 is 9.62 Å². The van der Waals surface area contributed by atoms with Crippen molar-refractivity contribution in [2.75, 3.05) is 23.2 Å². The first kappa shape index (κ1) is 29.0. The highest BCUT2D eigenvalue weighted by atomic mass is 35.5. The van der Waals surface area contributed by atoms with Crippen LogP contribution in [-0.4, -0.2) is 50.3 Å². The van der Waals surface area contributed by atoms with Crippen LogP contribution in [0.25, 0.3) is 0 Å². The van der Waals surface area contributed by atoms with Crippen LogP contribution in [0.1, 0.15) is 35.7 Å². The summed E-state index contributed by atoms with van der Waals surface area (Å²) in [6.45, 7) is 4.39. The summed E-state index contributed by atoms with van der Waals surface area (Å²) < 4.78 is 59.6. The van der Waals surface area contributed by atoms with Crippen LogP contribution in [0.3, 0.4) is 0 Å². The predicted molar refractivity (Wildman–Crippen MR) is 122 cm³/mol. The average Bonchev–Trinajstić information content (AvgIpc) is 2.73. The Morgan fingerprint density at radius 3 is 2.24 bits per heavy atom. The van der Waals surface area contributed by atoms with Crippen LogP contribution in [0.5, 0.6) is 0 Å². The Bertz CT molecular complexity index is 1140. The molecule has 0 fully saturated rings. The van der Waals surface area contributed by atoms with Crippen molar-refractivity contribution in [1.29, 1.82) is 0 Å². The molecule has 0 radical (unpaired) electrons. The Labute approximate surface area is 200 Å². The fraction of sp³-hybridized carbons (Fsp3) is 0.333. The lowest BCUT2D eigenvalue weighted by molar-refractivity contribution is -0.192. The topological polar surface area (TPSA) is 124 Å². The van der Waals surface area contributed by atoms with E-state index in [-0.39, 0.29) is 16.1 Å². The summed E-state index contributed by atoms with van der Waals surface area (Å²) in [5, 5.41) is 17.0. The maximum absolute atomic E-state index is 12.7. The third-order valence-corrected chi connectivity index (χ3v) is 6.42. The number of anilines is 2. The number of halogens is 4. The largest absolute Gasteiger partial charge is 0.490 e. The summed E-state index contributed by atoms with van der Waals surface area (Å²) in [5.74, 6) is -3.87. The zero-order valence-corrected chi connectivity index (χ0v) is 20.1. The molecule has 0 saturated heterocycles. The molecule has 13 heteroatoms. The van der Waals surface area contributed by atoms with Gasteiger partial charge in [-0.2, -0.15) is 13.2 Å². The Balaban J connectivity index is 0.000000718. The quantitative estimate of drug-likeness (QED) is 0.443. The molecular weight excluding hydrogens is 501 g/mol. The Morgan fingerprint density at radius 1 is 1.15 bits per heavy atom. The number of nitrogens with zero attached hydrogens (tertiary/aromatic N) is 1. The van der Waals surface area contributed by atoms with Crippen LogP contribution >= 0.6 is 11.6 Å². The smallest absolute Gasteiger partial charge is 0.478 e. The molecule has 0 heterocycles. The second-order valence-electron chi connectivity index (χ2n) is 7.08. The highest BCUT2D eigenvalue weighted by Gasteiger charge is 2.38. The van der Waals surface area contributed by atoms with Crippen molar-refractivity contribution in [1.82, 2.24) is 0 Å². The number of benzene rings is 2. The number of hydrogen-bond donors (Lipinski definition) is 3. The minimum atomic E-state index is -5.08. The maximum Gasteiger partial charge on any atom is 0.490 e. The second kappa shape index (κ2) is 11.9. The molecule has 8 nitrogen and oxygen atoms in total. The summed E-state index contributed by atoms with van der Waals surface area (Å²) in [6.07, 6.45) is -3.17. The number of alkyl halides is 3. The summed E-state index contributed by atoms with van der Waals surface area (Å²) >= 11 is 6.01. The van der Waals surface area contributed by atoms with E-state index in [9.17, 15) is 31.5 Å². The fourth-order valence-electron chi connectivity index (χ4n) is 2.71. The van der Waals surface area contributed by atoms with Gasteiger partial charge in [-0.15, -0.1) is 0 Å². The molecule has 2 rings (SSSR count). The highest BCUT2D eigenvalue weighted by Crippen LogP contribution is 2.28. The summed E-state index contributed by atoms with van der Waals surface area (Å²) in [7, 11) is -2.08. The third kappa shape index (κ3) is 8.10. The van der Waals surface area contributed by atoms with Crippen LogP contribution in [0.4, 0.5) is 24.5 Å². The van der Waals surface area contributed by atoms with Crippen molar-refractivity contribution in [3.8, 4) is 0 Å². The first-order valence-corrected chi connectivity index (χ1v) is 11.6. The Hall–Kier alpha value is -2.99. The first-order valence-electron chi connectivity index (χ1n) is 9.78. The summed E-state index contributed by atoms with van der Waals surface area (Å²) in [6, 6.07) is 9.12. The zero-order valence-electron chi connectivity index (χ0n) is 18.5. The van der Waals surface area contributed by atoms with Crippen LogP contribution in [0.2, 0.25) is 5.02 Å². The summed E-state index contributed by atoms with van der Waals surface area (Å²) in [5.41, 5.74) is 1.19. The van der Waals surface area contributed by atoms with Gasteiger partial charge >= 0.3 is 18.1 Å². The molecule has 0 aliphatic rings. The highest BCUT2D eigenvalue weighted by molar-refractivity contribution is 7.92. The van der Waals surface area contributed by atoms with Crippen LogP contribution in [0.15, 0.2) is 41.3 Å². The van der Waals surface area contributed by atoms with Gasteiger partial charge in [-0.1, -0.05) is 31.0 Å². The van der Waals surface area contributed by atoms with Crippen molar-refractivity contribution in [2.24, 2.45) is 0 Å². The Kier molecular flexibility index (Phi) is 10.2. The van der Waals surface area contributed by atoms with E-state index in [2.05, 4.69) is 11.6 Å². The number of aromatic carboxylic acids is 1. The molecule has 0 aromatic heterocycles. The van der Waals surface area contributed by atoms with E-state index in [1.54, 1.807) is 31.2 Å². The number of nitrogens with one attached hydrogen (secondary N) is 1. The molecule has 0 unspecified atom stereocenters.